The van der Waals surface area contributed by atoms with E-state index in [4.69, 9.17) is 4.42 Å². The third-order valence-corrected chi connectivity index (χ3v) is 2.88. The molecule has 0 aromatic carbocycles. The highest BCUT2D eigenvalue weighted by Gasteiger charge is 2.08. The van der Waals surface area contributed by atoms with E-state index in [9.17, 15) is 4.79 Å². The summed E-state index contributed by atoms with van der Waals surface area (Å²) in [4.78, 5) is 15.9. The highest BCUT2D eigenvalue weighted by atomic mass is 79.9. The molecular formula is C11H9BrN2O2. The van der Waals surface area contributed by atoms with Crippen LogP contribution in [0.25, 0.3) is 0 Å². The highest BCUT2D eigenvalue weighted by Crippen LogP contribution is 2.16. The van der Waals surface area contributed by atoms with E-state index in [1.807, 2.05) is 13.0 Å². The number of rotatable bonds is 2. The first kappa shape index (κ1) is 10.9. The molecule has 0 atom stereocenters. The zero-order valence-corrected chi connectivity index (χ0v) is 10.1. The van der Waals surface area contributed by atoms with Gasteiger partial charge in [-0.05, 0) is 41.1 Å². The van der Waals surface area contributed by atoms with Crippen LogP contribution in [0, 0.1) is 6.92 Å². The molecule has 4 nitrogen and oxygen atoms in total. The van der Waals surface area contributed by atoms with E-state index in [2.05, 4.69) is 26.2 Å². The molecule has 2 heterocycles. The summed E-state index contributed by atoms with van der Waals surface area (Å²) in [7, 11) is 0. The lowest BCUT2D eigenvalue weighted by Crippen LogP contribution is -2.12. The van der Waals surface area contributed by atoms with Crippen LogP contribution < -0.4 is 5.32 Å². The van der Waals surface area contributed by atoms with E-state index in [1.165, 1.54) is 12.5 Å². The molecule has 82 valence electrons. The SMILES string of the molecule is Cc1nc(NC(=O)c2ccoc2)ccc1Br. The number of furan rings is 1. The third-order valence-electron chi connectivity index (χ3n) is 2.05. The van der Waals surface area contributed by atoms with Crippen molar-refractivity contribution in [3.63, 3.8) is 0 Å². The number of anilines is 1. The number of nitrogens with one attached hydrogen (secondary N) is 1. The van der Waals surface area contributed by atoms with E-state index in [1.54, 1.807) is 12.1 Å². The first-order valence-corrected chi connectivity index (χ1v) is 5.43. The van der Waals surface area contributed by atoms with Crippen LogP contribution >= 0.6 is 15.9 Å². The molecule has 5 heteroatoms. The number of nitrogens with zero attached hydrogens (tertiary/aromatic N) is 1. The summed E-state index contributed by atoms with van der Waals surface area (Å²) in [5.41, 5.74) is 1.30. The van der Waals surface area contributed by atoms with Crippen molar-refractivity contribution in [2.45, 2.75) is 6.92 Å². The number of hydrogen-bond acceptors (Lipinski definition) is 3. The van der Waals surface area contributed by atoms with Crippen molar-refractivity contribution in [1.82, 2.24) is 4.98 Å². The maximum atomic E-state index is 11.6. The van der Waals surface area contributed by atoms with E-state index >= 15 is 0 Å². The van der Waals surface area contributed by atoms with Gasteiger partial charge in [-0.3, -0.25) is 4.79 Å². The first-order valence-electron chi connectivity index (χ1n) is 4.63. The van der Waals surface area contributed by atoms with Gasteiger partial charge in [0.15, 0.2) is 0 Å². The fourth-order valence-electron chi connectivity index (χ4n) is 1.20. The number of amides is 1. The summed E-state index contributed by atoms with van der Waals surface area (Å²) in [6.45, 7) is 1.86. The van der Waals surface area contributed by atoms with Crippen molar-refractivity contribution in [3.05, 3.63) is 46.5 Å². The zero-order chi connectivity index (χ0) is 11.5. The van der Waals surface area contributed by atoms with Crippen molar-refractivity contribution >= 4 is 27.7 Å². The average molecular weight is 281 g/mol. The van der Waals surface area contributed by atoms with Gasteiger partial charge >= 0.3 is 0 Å². The van der Waals surface area contributed by atoms with Crippen molar-refractivity contribution < 1.29 is 9.21 Å². The Morgan fingerprint density at radius 2 is 2.25 bits per heavy atom. The van der Waals surface area contributed by atoms with Crippen LogP contribution in [0.5, 0.6) is 0 Å². The summed E-state index contributed by atoms with van der Waals surface area (Å²) in [6.07, 6.45) is 2.84. The quantitative estimate of drug-likeness (QED) is 0.920. The van der Waals surface area contributed by atoms with Crippen LogP contribution in [-0.4, -0.2) is 10.9 Å². The van der Waals surface area contributed by atoms with Gasteiger partial charge in [0, 0.05) is 4.47 Å². The predicted octanol–water partition coefficient (Wildman–Crippen LogP) is 3.00. The van der Waals surface area contributed by atoms with Gasteiger partial charge in [0.1, 0.15) is 12.1 Å². The molecule has 2 aromatic rings. The van der Waals surface area contributed by atoms with E-state index in [-0.39, 0.29) is 5.91 Å². The largest absolute Gasteiger partial charge is 0.472 e. The second kappa shape index (κ2) is 4.49. The Balaban J connectivity index is 2.15. The number of halogens is 1. The molecule has 0 fully saturated rings. The molecule has 2 rings (SSSR count). The molecule has 0 radical (unpaired) electrons. The fourth-order valence-corrected chi connectivity index (χ4v) is 1.42. The van der Waals surface area contributed by atoms with Gasteiger partial charge in [-0.1, -0.05) is 0 Å². The van der Waals surface area contributed by atoms with Crippen molar-refractivity contribution in [1.29, 1.82) is 0 Å². The molecular weight excluding hydrogens is 272 g/mol. The Bertz CT molecular complexity index is 509. The second-order valence-corrected chi connectivity index (χ2v) is 4.08. The van der Waals surface area contributed by atoms with Gasteiger partial charge in [0.05, 0.1) is 17.5 Å². The smallest absolute Gasteiger partial charge is 0.260 e. The van der Waals surface area contributed by atoms with E-state index < -0.39 is 0 Å². The Labute approximate surface area is 101 Å². The Morgan fingerprint density at radius 1 is 1.44 bits per heavy atom. The van der Waals surface area contributed by atoms with Crippen molar-refractivity contribution in [2.75, 3.05) is 5.32 Å². The lowest BCUT2D eigenvalue weighted by molar-refractivity contribution is 0.102. The minimum Gasteiger partial charge on any atom is -0.472 e. The minimum atomic E-state index is -0.233. The summed E-state index contributed by atoms with van der Waals surface area (Å²) in [5, 5.41) is 2.68. The number of carbonyl (C=O) groups excluding carboxylic acids is 1. The molecule has 0 bridgehead atoms. The fraction of sp³-hybridized carbons (Fsp3) is 0.0909. The van der Waals surface area contributed by atoms with Crippen LogP contribution in [0.3, 0.4) is 0 Å². The van der Waals surface area contributed by atoms with Crippen LogP contribution in [0.15, 0.2) is 39.6 Å². The molecule has 2 aromatic heterocycles. The van der Waals surface area contributed by atoms with Crippen molar-refractivity contribution in [2.24, 2.45) is 0 Å². The number of aromatic nitrogens is 1. The normalized spacial score (nSPS) is 10.1. The van der Waals surface area contributed by atoms with Crippen LogP contribution in [0.4, 0.5) is 5.82 Å². The van der Waals surface area contributed by atoms with Gasteiger partial charge in [0.2, 0.25) is 0 Å². The Kier molecular flexibility index (Phi) is 3.05. The summed E-state index contributed by atoms with van der Waals surface area (Å²) < 4.78 is 5.74. The lowest BCUT2D eigenvalue weighted by Gasteiger charge is -2.04. The highest BCUT2D eigenvalue weighted by molar-refractivity contribution is 9.10. The second-order valence-electron chi connectivity index (χ2n) is 3.23. The number of carbonyl (C=O) groups is 1. The van der Waals surface area contributed by atoms with Gasteiger partial charge in [-0.2, -0.15) is 0 Å². The molecule has 0 saturated carbocycles. The molecule has 1 N–H and O–H groups in total. The topological polar surface area (TPSA) is 55.1 Å². The monoisotopic (exact) mass is 280 g/mol. The minimum absolute atomic E-state index is 0.233. The number of aryl methyl sites for hydroxylation is 1. The van der Waals surface area contributed by atoms with Crippen LogP contribution in [0.1, 0.15) is 16.1 Å². The zero-order valence-electron chi connectivity index (χ0n) is 8.53. The maximum Gasteiger partial charge on any atom is 0.260 e. The Morgan fingerprint density at radius 3 is 2.88 bits per heavy atom. The molecule has 0 aliphatic carbocycles. The van der Waals surface area contributed by atoms with Crippen LogP contribution in [0.2, 0.25) is 0 Å². The van der Waals surface area contributed by atoms with Crippen LogP contribution in [-0.2, 0) is 0 Å². The molecule has 1 amide bonds. The van der Waals surface area contributed by atoms with Gasteiger partial charge in [-0.25, -0.2) is 4.98 Å². The van der Waals surface area contributed by atoms with E-state index in [0.717, 1.165) is 10.2 Å². The average Bonchev–Trinajstić information content (AvgIpc) is 2.77. The van der Waals surface area contributed by atoms with E-state index in [0.29, 0.717) is 11.4 Å². The molecule has 0 saturated heterocycles. The Hall–Kier alpha value is -1.62. The van der Waals surface area contributed by atoms with Gasteiger partial charge < -0.3 is 9.73 Å². The first-order chi connectivity index (χ1) is 7.66. The lowest BCUT2D eigenvalue weighted by atomic mass is 10.3. The molecule has 0 aliphatic heterocycles. The third kappa shape index (κ3) is 2.30. The summed E-state index contributed by atoms with van der Waals surface area (Å²) >= 11 is 3.34. The summed E-state index contributed by atoms with van der Waals surface area (Å²) in [6, 6.07) is 5.17. The number of pyridine rings is 1. The molecule has 0 unspecified atom stereocenters. The number of hydrogen-bond donors (Lipinski definition) is 1. The predicted molar refractivity (Wildman–Crippen MR) is 63.3 cm³/mol. The van der Waals surface area contributed by atoms with Gasteiger partial charge in [0.25, 0.3) is 5.91 Å². The summed E-state index contributed by atoms with van der Waals surface area (Å²) in [5.74, 6) is 0.287. The van der Waals surface area contributed by atoms with Crippen molar-refractivity contribution in [3.8, 4) is 0 Å². The van der Waals surface area contributed by atoms with Gasteiger partial charge in [-0.15, -0.1) is 0 Å². The maximum absolute atomic E-state index is 11.6. The molecule has 0 spiro atoms. The molecule has 16 heavy (non-hydrogen) atoms. The standard InChI is InChI=1S/C11H9BrN2O2/c1-7-9(12)2-3-10(13-7)14-11(15)8-4-5-16-6-8/h2-6H,1H3,(H,13,14,15). The molecule has 0 aliphatic rings.